The first-order valence-electron chi connectivity index (χ1n) is 9.20. The monoisotopic (exact) mass is 398 g/mol. The molecule has 1 aliphatic rings. The lowest BCUT2D eigenvalue weighted by atomic mass is 10.2. The van der Waals surface area contributed by atoms with Crippen molar-refractivity contribution in [2.45, 2.75) is 0 Å². The van der Waals surface area contributed by atoms with Crippen molar-refractivity contribution in [3.8, 4) is 5.75 Å². The molecule has 0 atom stereocenters. The Bertz CT molecular complexity index is 1120. The second-order valence-corrected chi connectivity index (χ2v) is 6.78. The number of nitrogens with zero attached hydrogens (tertiary/aromatic N) is 6. The molecule has 0 saturated carbocycles. The number of aromatic nitrogens is 4. The summed E-state index contributed by atoms with van der Waals surface area (Å²) >= 11 is 0. The number of pyridine rings is 2. The zero-order chi connectivity index (χ0) is 20.5. The van der Waals surface area contributed by atoms with Crippen molar-refractivity contribution >= 4 is 23.1 Å². The quantitative estimate of drug-likeness (QED) is 0.624. The maximum atomic E-state index is 12.6. The Morgan fingerprint density at radius 2 is 2.21 bits per heavy atom. The van der Waals surface area contributed by atoms with Crippen molar-refractivity contribution in [1.29, 1.82) is 0 Å². The highest BCUT2D eigenvalue weighted by Gasteiger charge is 2.24. The van der Waals surface area contributed by atoms with Crippen LogP contribution in [0.2, 0.25) is 0 Å². The summed E-state index contributed by atoms with van der Waals surface area (Å²) in [7, 11) is 4.93. The van der Waals surface area contributed by atoms with Crippen LogP contribution in [-0.4, -0.2) is 70.4 Å². The van der Waals surface area contributed by atoms with Crippen molar-refractivity contribution in [2.75, 3.05) is 45.4 Å². The number of methoxy groups -OCH3 is 1. The predicted octanol–water partition coefficient (Wildman–Crippen LogP) is 0.677. The molecule has 3 aromatic heterocycles. The van der Waals surface area contributed by atoms with Crippen LogP contribution in [0, 0.1) is 0 Å². The standard InChI is InChI=1S/C19H22N6O4/c1-22(6-8-28-3)18(26)13-10-15-17(20-12-13)24(7-9-29-15)14-4-5-25-16(11-14)21-23(2)19(25)27/h4-5,10-12H,6-9H2,1-3H3. The van der Waals surface area contributed by atoms with Gasteiger partial charge in [0.1, 0.15) is 6.61 Å². The van der Waals surface area contributed by atoms with E-state index in [1.165, 1.54) is 9.08 Å². The SMILES string of the molecule is COCCN(C)C(=O)c1cnc2c(c1)OCCN2c1ccn2c(=O)n(C)nc2c1. The molecule has 0 saturated heterocycles. The molecule has 0 radical (unpaired) electrons. The predicted molar refractivity (Wildman–Crippen MR) is 106 cm³/mol. The van der Waals surface area contributed by atoms with Gasteiger partial charge >= 0.3 is 5.69 Å². The van der Waals surface area contributed by atoms with Gasteiger partial charge in [-0.2, -0.15) is 5.10 Å². The number of carbonyl (C=O) groups is 1. The average molecular weight is 398 g/mol. The molecule has 0 unspecified atom stereocenters. The molecule has 10 heteroatoms. The fraction of sp³-hybridized carbons (Fsp3) is 0.368. The van der Waals surface area contributed by atoms with Crippen LogP contribution in [-0.2, 0) is 11.8 Å². The van der Waals surface area contributed by atoms with Crippen LogP contribution in [0.3, 0.4) is 0 Å². The molecule has 10 nitrogen and oxygen atoms in total. The maximum Gasteiger partial charge on any atom is 0.350 e. The minimum Gasteiger partial charge on any atom is -0.488 e. The largest absolute Gasteiger partial charge is 0.488 e. The van der Waals surface area contributed by atoms with Crippen LogP contribution < -0.4 is 15.3 Å². The highest BCUT2D eigenvalue weighted by Crippen LogP contribution is 2.35. The van der Waals surface area contributed by atoms with Gasteiger partial charge in [0.05, 0.1) is 18.7 Å². The molecule has 0 spiro atoms. The minimum absolute atomic E-state index is 0.146. The Hall–Kier alpha value is -3.40. The van der Waals surface area contributed by atoms with Crippen molar-refractivity contribution in [3.05, 3.63) is 46.6 Å². The van der Waals surface area contributed by atoms with E-state index in [2.05, 4.69) is 10.1 Å². The summed E-state index contributed by atoms with van der Waals surface area (Å²) in [6, 6.07) is 5.38. The van der Waals surface area contributed by atoms with Crippen molar-refractivity contribution in [1.82, 2.24) is 24.1 Å². The van der Waals surface area contributed by atoms with E-state index < -0.39 is 0 Å². The van der Waals surface area contributed by atoms with Crippen LogP contribution in [0.25, 0.3) is 5.65 Å². The van der Waals surface area contributed by atoms with Crippen LogP contribution in [0.15, 0.2) is 35.4 Å². The lowest BCUT2D eigenvalue weighted by Gasteiger charge is -2.30. The van der Waals surface area contributed by atoms with Gasteiger partial charge in [-0.05, 0) is 12.1 Å². The summed E-state index contributed by atoms with van der Waals surface area (Å²) in [6.45, 7) is 1.99. The average Bonchev–Trinajstić information content (AvgIpc) is 3.03. The van der Waals surface area contributed by atoms with Crippen molar-refractivity contribution < 1.29 is 14.3 Å². The van der Waals surface area contributed by atoms with E-state index in [0.29, 0.717) is 49.1 Å². The van der Waals surface area contributed by atoms with E-state index in [1.54, 1.807) is 44.6 Å². The molecule has 0 N–H and O–H groups in total. The summed E-state index contributed by atoms with van der Waals surface area (Å²) in [5, 5.41) is 4.23. The molecule has 152 valence electrons. The van der Waals surface area contributed by atoms with Gasteiger partial charge in [-0.3, -0.25) is 9.20 Å². The lowest BCUT2D eigenvalue weighted by Crippen LogP contribution is -2.32. The van der Waals surface area contributed by atoms with E-state index in [9.17, 15) is 9.59 Å². The van der Waals surface area contributed by atoms with Gasteiger partial charge in [0.25, 0.3) is 5.91 Å². The van der Waals surface area contributed by atoms with Gasteiger partial charge < -0.3 is 19.3 Å². The van der Waals surface area contributed by atoms with Crippen LogP contribution in [0.5, 0.6) is 5.75 Å². The van der Waals surface area contributed by atoms with Gasteiger partial charge in [0.15, 0.2) is 17.2 Å². The first kappa shape index (κ1) is 18.9. The second kappa shape index (κ2) is 7.55. The Morgan fingerprint density at radius 1 is 1.38 bits per heavy atom. The van der Waals surface area contributed by atoms with Gasteiger partial charge in [-0.25, -0.2) is 14.5 Å². The zero-order valence-electron chi connectivity index (χ0n) is 16.5. The number of hydrogen-bond donors (Lipinski definition) is 0. The molecule has 4 rings (SSSR count). The van der Waals surface area contributed by atoms with Crippen molar-refractivity contribution in [2.24, 2.45) is 7.05 Å². The van der Waals surface area contributed by atoms with E-state index in [-0.39, 0.29) is 11.6 Å². The minimum atomic E-state index is -0.201. The van der Waals surface area contributed by atoms with Crippen molar-refractivity contribution in [3.63, 3.8) is 0 Å². The number of carbonyl (C=O) groups excluding carboxylic acids is 1. The highest BCUT2D eigenvalue weighted by atomic mass is 16.5. The molecule has 0 bridgehead atoms. The van der Waals surface area contributed by atoms with Gasteiger partial charge in [-0.15, -0.1) is 0 Å². The smallest absolute Gasteiger partial charge is 0.350 e. The number of fused-ring (bicyclic) bond motifs is 2. The number of ether oxygens (including phenoxy) is 2. The molecule has 1 amide bonds. The molecule has 29 heavy (non-hydrogen) atoms. The Balaban J connectivity index is 1.65. The Morgan fingerprint density at radius 3 is 3.00 bits per heavy atom. The second-order valence-electron chi connectivity index (χ2n) is 6.78. The maximum absolute atomic E-state index is 12.6. The van der Waals surface area contributed by atoms with Crippen LogP contribution in [0.1, 0.15) is 10.4 Å². The van der Waals surface area contributed by atoms with E-state index >= 15 is 0 Å². The molecule has 0 aliphatic carbocycles. The lowest BCUT2D eigenvalue weighted by molar-refractivity contribution is 0.0743. The molecular weight excluding hydrogens is 376 g/mol. The zero-order valence-corrected chi connectivity index (χ0v) is 16.5. The molecular formula is C19H22N6O4. The summed E-state index contributed by atoms with van der Waals surface area (Å²) in [5.74, 6) is 1.02. The van der Waals surface area contributed by atoms with E-state index in [4.69, 9.17) is 9.47 Å². The number of anilines is 2. The normalized spacial score (nSPS) is 13.3. The number of likely N-dealkylation sites (N-methyl/N-ethyl adjacent to an activating group) is 1. The van der Waals surface area contributed by atoms with E-state index in [0.717, 1.165) is 5.69 Å². The van der Waals surface area contributed by atoms with Crippen LogP contribution in [0.4, 0.5) is 11.5 Å². The van der Waals surface area contributed by atoms with Gasteiger partial charge in [0, 0.05) is 51.9 Å². The van der Waals surface area contributed by atoms with Crippen LogP contribution >= 0.6 is 0 Å². The number of aryl methyl sites for hydroxylation is 1. The summed E-state index contributed by atoms with van der Waals surface area (Å²) in [5.41, 5.74) is 1.65. The summed E-state index contributed by atoms with van der Waals surface area (Å²) < 4.78 is 13.6. The number of rotatable bonds is 5. The first-order valence-corrected chi connectivity index (χ1v) is 9.20. The third kappa shape index (κ3) is 3.42. The topological polar surface area (TPSA) is 94.2 Å². The van der Waals surface area contributed by atoms with E-state index in [1.807, 2.05) is 17.0 Å². The highest BCUT2D eigenvalue weighted by molar-refractivity contribution is 5.94. The van der Waals surface area contributed by atoms with Gasteiger partial charge in [0.2, 0.25) is 0 Å². The number of amides is 1. The number of hydrogen-bond acceptors (Lipinski definition) is 7. The molecule has 0 aromatic carbocycles. The summed E-state index contributed by atoms with van der Waals surface area (Å²) in [4.78, 5) is 32.7. The Kier molecular flexibility index (Phi) is 4.93. The third-order valence-electron chi connectivity index (χ3n) is 4.85. The molecule has 4 heterocycles. The summed E-state index contributed by atoms with van der Waals surface area (Å²) in [6.07, 6.45) is 3.24. The fourth-order valence-electron chi connectivity index (χ4n) is 3.25. The first-order chi connectivity index (χ1) is 14.0. The third-order valence-corrected chi connectivity index (χ3v) is 4.85. The van der Waals surface area contributed by atoms with Gasteiger partial charge in [-0.1, -0.05) is 0 Å². The molecule has 0 fully saturated rings. The molecule has 3 aromatic rings. The Labute approximate surface area is 166 Å². The fourth-order valence-corrected chi connectivity index (χ4v) is 3.25. The molecule has 1 aliphatic heterocycles.